The number of halogens is 4. The monoisotopic (exact) mass is 644 g/mol. The Labute approximate surface area is 254 Å². The molecule has 6 rings (SSSR count). The average molecular weight is 647 g/mol. The van der Waals surface area contributed by atoms with Gasteiger partial charge in [-0.3, -0.25) is 0 Å². The van der Waals surface area contributed by atoms with E-state index in [0.29, 0.717) is 0 Å². The van der Waals surface area contributed by atoms with Crippen LogP contribution in [0.3, 0.4) is 0 Å². The number of benzene rings is 4. The van der Waals surface area contributed by atoms with Crippen molar-refractivity contribution in [3.05, 3.63) is 165 Å². The van der Waals surface area contributed by atoms with Crippen LogP contribution >= 0.6 is 0 Å². The van der Waals surface area contributed by atoms with Gasteiger partial charge in [-0.05, 0) is 0 Å². The summed E-state index contributed by atoms with van der Waals surface area (Å²) in [5.41, 5.74) is 9.36. The van der Waals surface area contributed by atoms with E-state index in [4.69, 9.17) is 0 Å². The number of hydrogen-bond acceptors (Lipinski definition) is 0. The van der Waals surface area contributed by atoms with Gasteiger partial charge in [-0.1, -0.05) is 0 Å². The van der Waals surface area contributed by atoms with Crippen LogP contribution < -0.4 is 24.8 Å². The zero-order valence-corrected chi connectivity index (χ0v) is 25.7. The third-order valence-corrected chi connectivity index (χ3v) is 15.8. The number of allylic oxidation sites excluding steroid dienone is 4. The molecule has 198 valence electrons. The maximum absolute atomic E-state index is 14.1. The van der Waals surface area contributed by atoms with Crippen LogP contribution in [0, 0.1) is 11.6 Å². The Morgan fingerprint density at radius 3 is 1.57 bits per heavy atom. The van der Waals surface area contributed by atoms with Crippen LogP contribution in [-0.2, 0) is 21.3 Å². The summed E-state index contributed by atoms with van der Waals surface area (Å²) in [6.45, 7) is 8.00. The van der Waals surface area contributed by atoms with Gasteiger partial charge in [0, 0.05) is 0 Å². The Kier molecular flexibility index (Phi) is 9.52. The Hall–Kier alpha value is -2.97. The molecule has 5 heteroatoms. The topological polar surface area (TPSA) is 0 Å². The molecule has 2 aliphatic rings. The van der Waals surface area contributed by atoms with E-state index in [2.05, 4.69) is 67.8 Å². The van der Waals surface area contributed by atoms with Crippen molar-refractivity contribution >= 4 is 15.4 Å². The molecule has 0 radical (unpaired) electrons. The number of fused-ring (bicyclic) bond motifs is 3. The predicted octanol–water partition coefficient (Wildman–Crippen LogP) is 3.06. The standard InChI is InChI=1S/C17H13.C13H8F2.C5H5.2ClH.Zr/c1-3-12-5-7-14-11-15-8-6-13(4-2)10-17(15)16(14)9-12;14-12-5-1-10(2-6-12)9-11-3-7-13(15)8-4-11;1-2-4-5-3-1;;;/h3-11H,1-2H2;1-8H;1-3H,4H2;2*1H;/q;;;;;+2/p-2. The molecule has 40 heavy (non-hydrogen) atoms. The summed E-state index contributed by atoms with van der Waals surface area (Å²) in [5.74, 6) is -0.519. The molecule has 0 atom stereocenters. The van der Waals surface area contributed by atoms with E-state index in [1.54, 1.807) is 0 Å². The molecule has 0 amide bonds. The summed E-state index contributed by atoms with van der Waals surface area (Å²) >= 11 is -2.87. The summed E-state index contributed by atoms with van der Waals surface area (Å²) < 4.78 is 31.1. The maximum atomic E-state index is 14.1. The maximum Gasteiger partial charge on any atom is -1.00 e. The average Bonchev–Trinajstić information content (AvgIpc) is 3.59. The van der Waals surface area contributed by atoms with Crippen LogP contribution in [0.1, 0.15) is 43.4 Å². The van der Waals surface area contributed by atoms with Crippen LogP contribution in [0.15, 0.2) is 120 Å². The van der Waals surface area contributed by atoms with Gasteiger partial charge in [0.1, 0.15) is 0 Å². The van der Waals surface area contributed by atoms with Crippen molar-refractivity contribution in [3.63, 3.8) is 0 Å². The van der Waals surface area contributed by atoms with Gasteiger partial charge in [0.05, 0.1) is 0 Å². The van der Waals surface area contributed by atoms with Gasteiger partial charge in [-0.2, -0.15) is 0 Å². The molecule has 0 nitrogen and oxygen atoms in total. The van der Waals surface area contributed by atoms with Crippen LogP contribution in [0.5, 0.6) is 0 Å². The Balaban J connectivity index is 0.00000185. The predicted molar refractivity (Wildman–Crippen MR) is 152 cm³/mol. The first-order valence-electron chi connectivity index (χ1n) is 12.7. The molecular weight excluding hydrogens is 621 g/mol. The third-order valence-electron chi connectivity index (χ3n) is 7.48. The molecule has 0 spiro atoms. The Morgan fingerprint density at radius 2 is 1.18 bits per heavy atom. The minimum absolute atomic E-state index is 0. The summed E-state index contributed by atoms with van der Waals surface area (Å²) in [6, 6.07) is 27.0. The fourth-order valence-electron chi connectivity index (χ4n) is 5.70. The van der Waals surface area contributed by atoms with Crippen LogP contribution in [-0.4, -0.2) is 3.21 Å². The van der Waals surface area contributed by atoms with E-state index in [0.717, 1.165) is 28.7 Å². The van der Waals surface area contributed by atoms with E-state index in [1.165, 1.54) is 53.0 Å². The first-order valence-corrected chi connectivity index (χ1v) is 16.6. The molecular formula is C35H26Cl2F2Zr. The van der Waals surface area contributed by atoms with Crippen LogP contribution in [0.4, 0.5) is 8.78 Å². The molecule has 0 heterocycles. The summed E-state index contributed by atoms with van der Waals surface area (Å²) in [4.78, 5) is 0. The second kappa shape index (κ2) is 12.7. The Morgan fingerprint density at radius 1 is 0.700 bits per heavy atom. The largest absolute Gasteiger partial charge is 1.00 e. The van der Waals surface area contributed by atoms with Gasteiger partial charge in [0.2, 0.25) is 0 Å². The van der Waals surface area contributed by atoms with Gasteiger partial charge in [-0.15, -0.1) is 0 Å². The van der Waals surface area contributed by atoms with Crippen LogP contribution in [0.2, 0.25) is 0 Å². The molecule has 0 fully saturated rings. The van der Waals surface area contributed by atoms with Crippen molar-refractivity contribution in [1.29, 1.82) is 0 Å². The molecule has 0 aromatic heterocycles. The zero-order chi connectivity index (χ0) is 26.2. The second-order valence-electron chi connectivity index (χ2n) is 9.66. The molecule has 4 aromatic rings. The number of rotatable bonds is 6. The molecule has 0 aliphatic heterocycles. The van der Waals surface area contributed by atoms with Gasteiger partial charge >= 0.3 is 231 Å². The third kappa shape index (κ3) is 5.48. The summed E-state index contributed by atoms with van der Waals surface area (Å²) in [7, 11) is 0. The number of hydrogen-bond donors (Lipinski definition) is 0. The van der Waals surface area contributed by atoms with Gasteiger partial charge in [0.25, 0.3) is 0 Å². The van der Waals surface area contributed by atoms with Gasteiger partial charge < -0.3 is 24.8 Å². The Bertz CT molecular complexity index is 1570. The second-order valence-corrected chi connectivity index (χ2v) is 15.9. The van der Waals surface area contributed by atoms with Crippen LogP contribution in [0.25, 0.3) is 23.3 Å². The van der Waals surface area contributed by atoms with E-state index in [9.17, 15) is 8.78 Å². The van der Waals surface area contributed by atoms with Crippen molar-refractivity contribution in [3.8, 4) is 11.1 Å². The fourth-order valence-corrected chi connectivity index (χ4v) is 14.7. The summed E-state index contributed by atoms with van der Waals surface area (Å²) in [6.07, 6.45) is 11.4. The summed E-state index contributed by atoms with van der Waals surface area (Å²) in [5, 5.41) is 0. The molecule has 0 saturated heterocycles. The van der Waals surface area contributed by atoms with E-state index in [-0.39, 0.29) is 40.1 Å². The van der Waals surface area contributed by atoms with E-state index >= 15 is 0 Å². The van der Waals surface area contributed by atoms with Crippen molar-refractivity contribution in [2.75, 3.05) is 0 Å². The smallest absolute Gasteiger partial charge is 1.00 e. The van der Waals surface area contributed by atoms with Crippen molar-refractivity contribution in [1.82, 2.24) is 0 Å². The minimum Gasteiger partial charge on any atom is -1.00 e. The molecule has 0 bridgehead atoms. The van der Waals surface area contributed by atoms with Crippen molar-refractivity contribution < 1.29 is 54.9 Å². The normalized spacial score (nSPS) is 12.7. The van der Waals surface area contributed by atoms with Gasteiger partial charge in [-0.25, -0.2) is 0 Å². The zero-order valence-electron chi connectivity index (χ0n) is 21.7. The minimum atomic E-state index is -2.87. The van der Waals surface area contributed by atoms with Crippen molar-refractivity contribution in [2.24, 2.45) is 0 Å². The van der Waals surface area contributed by atoms with Crippen molar-refractivity contribution in [2.45, 2.75) is 10.0 Å². The van der Waals surface area contributed by atoms with Gasteiger partial charge in [0.15, 0.2) is 0 Å². The first kappa shape index (κ1) is 30.0. The molecule has 0 N–H and O–H groups in total. The first-order chi connectivity index (χ1) is 18.6. The van der Waals surface area contributed by atoms with E-state index in [1.807, 2.05) is 36.4 Å². The molecule has 0 unspecified atom stereocenters. The molecule has 0 saturated carbocycles. The SMILES string of the molecule is C=Cc1ccc2c(c1)-c1cc(C=C)ccc1[CH]2[Zr+2]([C]1=CC=CC1)=[C](c1ccc(F)cc1)c1ccc(F)cc1.[Cl-].[Cl-]. The molecule has 2 aliphatic carbocycles. The quantitative estimate of drug-likeness (QED) is 0.303. The molecule has 4 aromatic carbocycles. The van der Waals surface area contributed by atoms with E-state index < -0.39 is 21.3 Å². The fraction of sp³-hybridized carbons (Fsp3) is 0.0571.